The van der Waals surface area contributed by atoms with Crippen LogP contribution in [0.4, 0.5) is 5.82 Å². The van der Waals surface area contributed by atoms with Crippen LogP contribution < -0.4 is 16.2 Å². The van der Waals surface area contributed by atoms with Crippen LogP contribution >= 0.6 is 0 Å². The van der Waals surface area contributed by atoms with E-state index in [-0.39, 0.29) is 0 Å². The first-order valence-corrected chi connectivity index (χ1v) is 12.4. The molecule has 0 spiro atoms. The zero-order valence-electron chi connectivity index (χ0n) is 20.7. The first-order valence-electron chi connectivity index (χ1n) is 12.4. The molecule has 184 valence electrons. The highest BCUT2D eigenvalue weighted by Crippen LogP contribution is 2.23. The molecule has 1 unspecified atom stereocenters. The molecule has 5 heterocycles. The molecule has 2 aliphatic heterocycles. The second kappa shape index (κ2) is 10.5. The van der Waals surface area contributed by atoms with Gasteiger partial charge in [0, 0.05) is 55.9 Å². The molecule has 9 heteroatoms. The van der Waals surface area contributed by atoms with E-state index in [1.54, 1.807) is 0 Å². The number of rotatable bonds is 8. The van der Waals surface area contributed by atoms with Gasteiger partial charge >= 0.3 is 0 Å². The molecule has 2 aliphatic rings. The minimum atomic E-state index is 0.325. The normalized spacial score (nSPS) is 18.7. The lowest BCUT2D eigenvalue weighted by Crippen LogP contribution is -2.41. The Morgan fingerprint density at radius 3 is 2.94 bits per heavy atom. The number of morpholine rings is 1. The molecule has 0 amide bonds. The summed E-state index contributed by atoms with van der Waals surface area (Å²) in [5.41, 5.74) is 11.2. The molecule has 3 aromatic rings. The first-order chi connectivity index (χ1) is 17.0. The Bertz CT molecular complexity index is 1230. The second-order valence-electron chi connectivity index (χ2n) is 9.54. The van der Waals surface area contributed by atoms with Gasteiger partial charge in [-0.2, -0.15) is 5.10 Å². The average Bonchev–Trinajstić information content (AvgIpc) is 3.33. The highest BCUT2D eigenvalue weighted by Gasteiger charge is 2.16. The smallest absolute Gasteiger partial charge is 0.132 e. The summed E-state index contributed by atoms with van der Waals surface area (Å²) < 4.78 is 7.65. The van der Waals surface area contributed by atoms with Gasteiger partial charge in [0.2, 0.25) is 0 Å². The summed E-state index contributed by atoms with van der Waals surface area (Å²) in [5.74, 6) is 2.05. The Morgan fingerprint density at radius 1 is 1.17 bits per heavy atom. The maximum Gasteiger partial charge on any atom is 0.132 e. The Labute approximate surface area is 206 Å². The number of anilines is 1. The van der Waals surface area contributed by atoms with Crippen molar-refractivity contribution in [3.05, 3.63) is 60.5 Å². The van der Waals surface area contributed by atoms with Crippen LogP contribution in [0.3, 0.4) is 0 Å². The Kier molecular flexibility index (Phi) is 6.96. The van der Waals surface area contributed by atoms with Crippen LogP contribution in [-0.4, -0.2) is 57.0 Å². The molecular weight excluding hydrogens is 440 g/mol. The summed E-state index contributed by atoms with van der Waals surface area (Å²) in [7, 11) is 0. The molecule has 9 nitrogen and oxygen atoms in total. The van der Waals surface area contributed by atoms with Gasteiger partial charge in [-0.3, -0.25) is 20.0 Å². The molecule has 0 aromatic carbocycles. The molecule has 0 bridgehead atoms. The summed E-state index contributed by atoms with van der Waals surface area (Å²) in [5, 5.41) is 7.92. The van der Waals surface area contributed by atoms with E-state index in [4.69, 9.17) is 9.72 Å². The van der Waals surface area contributed by atoms with Gasteiger partial charge in [-0.1, -0.05) is 13.8 Å². The van der Waals surface area contributed by atoms with Crippen LogP contribution in [0.2, 0.25) is 0 Å². The van der Waals surface area contributed by atoms with Gasteiger partial charge in [0.15, 0.2) is 0 Å². The molecule has 3 N–H and O–H groups in total. The lowest BCUT2D eigenvalue weighted by molar-refractivity contribution is -0.0188. The third-order valence-electron chi connectivity index (χ3n) is 6.38. The quantitative estimate of drug-likeness (QED) is 0.457. The summed E-state index contributed by atoms with van der Waals surface area (Å²) >= 11 is 0. The zero-order valence-corrected chi connectivity index (χ0v) is 20.7. The fourth-order valence-electron chi connectivity index (χ4n) is 4.40. The van der Waals surface area contributed by atoms with Crippen LogP contribution in [0, 0.1) is 5.92 Å². The summed E-state index contributed by atoms with van der Waals surface area (Å²) in [6.45, 7) is 11.3. The molecule has 35 heavy (non-hydrogen) atoms. The van der Waals surface area contributed by atoms with Crippen molar-refractivity contribution in [1.29, 1.82) is 0 Å². The fraction of sp³-hybridized carbons (Fsp3) is 0.423. The van der Waals surface area contributed by atoms with Crippen LogP contribution in [0.5, 0.6) is 0 Å². The minimum Gasteiger partial charge on any atom is -0.376 e. The van der Waals surface area contributed by atoms with Crippen molar-refractivity contribution in [1.82, 2.24) is 35.5 Å². The molecule has 0 radical (unpaired) electrons. The molecule has 5 rings (SSSR count). The minimum absolute atomic E-state index is 0.325. The van der Waals surface area contributed by atoms with Gasteiger partial charge < -0.3 is 15.5 Å². The number of allylic oxidation sites excluding steroid dienone is 2. The zero-order chi connectivity index (χ0) is 24.2. The van der Waals surface area contributed by atoms with E-state index in [0.29, 0.717) is 12.0 Å². The fourth-order valence-corrected chi connectivity index (χ4v) is 4.40. The van der Waals surface area contributed by atoms with E-state index in [0.717, 1.165) is 73.0 Å². The van der Waals surface area contributed by atoms with Gasteiger partial charge in [0.1, 0.15) is 11.6 Å². The number of aryl methyl sites for hydroxylation is 1. The molecular formula is C26H34N8O. The Hall–Kier alpha value is -3.43. The van der Waals surface area contributed by atoms with Crippen LogP contribution in [-0.2, 0) is 11.3 Å². The first kappa shape index (κ1) is 23.3. The molecule has 0 aliphatic carbocycles. The largest absolute Gasteiger partial charge is 0.376 e. The van der Waals surface area contributed by atoms with E-state index in [2.05, 4.69) is 70.3 Å². The highest BCUT2D eigenvalue weighted by molar-refractivity contribution is 5.81. The van der Waals surface area contributed by atoms with Crippen molar-refractivity contribution in [3.63, 3.8) is 0 Å². The maximum absolute atomic E-state index is 5.63. The van der Waals surface area contributed by atoms with E-state index in [1.807, 2.05) is 35.4 Å². The van der Waals surface area contributed by atoms with Crippen molar-refractivity contribution in [3.8, 4) is 11.1 Å². The van der Waals surface area contributed by atoms with Gasteiger partial charge in [-0.05, 0) is 49.1 Å². The van der Waals surface area contributed by atoms with Gasteiger partial charge in [-0.25, -0.2) is 4.98 Å². The third kappa shape index (κ3) is 5.80. The number of ether oxygens (including phenoxy) is 1. The summed E-state index contributed by atoms with van der Waals surface area (Å²) in [6, 6.07) is 6.00. The number of hydrazine groups is 1. The summed E-state index contributed by atoms with van der Waals surface area (Å²) in [6.07, 6.45) is 11.3. The lowest BCUT2D eigenvalue weighted by atomic mass is 10.0. The number of pyridine rings is 2. The van der Waals surface area contributed by atoms with E-state index in [1.165, 1.54) is 5.57 Å². The van der Waals surface area contributed by atoms with Crippen molar-refractivity contribution in [2.75, 3.05) is 31.6 Å². The lowest BCUT2D eigenvalue weighted by Gasteiger charge is -2.30. The number of hydrogen-bond acceptors (Lipinski definition) is 8. The maximum atomic E-state index is 5.63. The van der Waals surface area contributed by atoms with Crippen LogP contribution in [0.1, 0.15) is 27.2 Å². The number of aromatic nitrogens is 4. The predicted molar refractivity (Wildman–Crippen MR) is 138 cm³/mol. The van der Waals surface area contributed by atoms with Crippen LogP contribution in [0.15, 0.2) is 60.5 Å². The number of nitrogens with zero attached hydrogens (tertiary/aromatic N) is 5. The third-order valence-corrected chi connectivity index (χ3v) is 6.38. The molecule has 1 fully saturated rings. The predicted octanol–water partition coefficient (Wildman–Crippen LogP) is 3.51. The molecule has 3 aromatic heterocycles. The topological polar surface area (TPSA) is 92.2 Å². The van der Waals surface area contributed by atoms with E-state index < -0.39 is 0 Å². The Balaban J connectivity index is 1.24. The molecule has 1 saturated heterocycles. The molecule has 0 saturated carbocycles. The SMILES string of the molecule is CC1CN(CCCn2cc(-c3cnc4ccc(NC5=CC(C(C)C)=CNN5)nc4c3)cn2)CCO1. The van der Waals surface area contributed by atoms with Gasteiger partial charge in [-0.15, -0.1) is 0 Å². The van der Waals surface area contributed by atoms with Crippen LogP contribution in [0.25, 0.3) is 22.2 Å². The monoisotopic (exact) mass is 474 g/mol. The number of nitrogens with one attached hydrogen (secondary N) is 3. The number of hydrogen-bond donors (Lipinski definition) is 3. The number of fused-ring (bicyclic) bond motifs is 1. The van der Waals surface area contributed by atoms with E-state index in [9.17, 15) is 0 Å². The average molecular weight is 475 g/mol. The van der Waals surface area contributed by atoms with Crippen molar-refractivity contribution in [2.45, 2.75) is 39.8 Å². The highest BCUT2D eigenvalue weighted by atomic mass is 16.5. The second-order valence-corrected chi connectivity index (χ2v) is 9.54. The van der Waals surface area contributed by atoms with Crippen molar-refractivity contribution < 1.29 is 4.74 Å². The molecule has 1 atom stereocenters. The summed E-state index contributed by atoms with van der Waals surface area (Å²) in [4.78, 5) is 11.9. The van der Waals surface area contributed by atoms with Crippen molar-refractivity contribution >= 4 is 16.9 Å². The van der Waals surface area contributed by atoms with E-state index >= 15 is 0 Å². The van der Waals surface area contributed by atoms with Crippen molar-refractivity contribution in [2.24, 2.45) is 5.92 Å². The van der Waals surface area contributed by atoms with Gasteiger partial charge in [0.25, 0.3) is 0 Å². The van der Waals surface area contributed by atoms with Gasteiger partial charge in [0.05, 0.1) is 29.9 Å². The Morgan fingerprint density at radius 2 is 2.09 bits per heavy atom. The standard InChI is InChI=1S/C26H34N8O/c1-18(2)20-12-26(32-28-14-20)31-25-6-5-23-24(30-25)11-21(13-27-23)22-15-29-34(17-22)8-4-7-33-9-10-35-19(3)16-33/h5-6,11-15,17-19,28,32H,4,7-10,16H2,1-3H3,(H,30,31).